The highest BCUT2D eigenvalue weighted by Gasteiger charge is 2.22. The van der Waals surface area contributed by atoms with Crippen LogP contribution in [0.3, 0.4) is 0 Å². The normalized spacial score (nSPS) is 11.1. The van der Waals surface area contributed by atoms with Crippen molar-refractivity contribution in [3.05, 3.63) is 29.3 Å². The van der Waals surface area contributed by atoms with Crippen molar-refractivity contribution in [2.24, 2.45) is 0 Å². The fourth-order valence-corrected chi connectivity index (χ4v) is 2.06. The maximum Gasteiger partial charge on any atom is 0.254 e. The molecular weight excluding hydrogens is 268 g/mol. The molecule has 116 valence electrons. The Bertz CT molecular complexity index is 533. The summed E-state index contributed by atoms with van der Waals surface area (Å²) in [7, 11) is 0. The van der Waals surface area contributed by atoms with E-state index in [-0.39, 0.29) is 18.4 Å². The number of benzene rings is 1. The molecule has 0 aliphatic carbocycles. The number of nitrogens with one attached hydrogen (secondary N) is 1. The van der Waals surface area contributed by atoms with Crippen LogP contribution < -0.4 is 5.32 Å². The Labute approximate surface area is 126 Å². The molecule has 1 rings (SSSR count). The van der Waals surface area contributed by atoms with Crippen molar-refractivity contribution < 1.29 is 14.7 Å². The van der Waals surface area contributed by atoms with Crippen LogP contribution in [0.5, 0.6) is 0 Å². The van der Waals surface area contributed by atoms with Crippen LogP contribution in [0.25, 0.3) is 0 Å². The van der Waals surface area contributed by atoms with Crippen molar-refractivity contribution in [2.45, 2.75) is 40.2 Å². The third kappa shape index (κ3) is 5.19. The molecule has 5 nitrogen and oxygen atoms in total. The number of nitrogens with zero attached hydrogens (tertiary/aromatic N) is 1. The highest BCUT2D eigenvalue weighted by atomic mass is 16.3. The summed E-state index contributed by atoms with van der Waals surface area (Å²) >= 11 is 0. The topological polar surface area (TPSA) is 69.6 Å². The van der Waals surface area contributed by atoms with E-state index >= 15 is 0 Å². The second-order valence-electron chi connectivity index (χ2n) is 5.84. The number of carbonyl (C=O) groups is 2. The minimum absolute atomic E-state index is 0.161. The van der Waals surface area contributed by atoms with Gasteiger partial charge < -0.3 is 15.3 Å². The van der Waals surface area contributed by atoms with Gasteiger partial charge in [-0.05, 0) is 45.4 Å². The van der Waals surface area contributed by atoms with Gasteiger partial charge in [0.2, 0.25) is 5.91 Å². The molecule has 0 saturated carbocycles. The molecule has 2 amide bonds. The van der Waals surface area contributed by atoms with E-state index in [9.17, 15) is 14.7 Å². The zero-order chi connectivity index (χ0) is 16.2. The Morgan fingerprint density at radius 1 is 1.33 bits per heavy atom. The molecule has 5 heteroatoms. The van der Waals surface area contributed by atoms with E-state index in [1.54, 1.807) is 36.9 Å². The van der Waals surface area contributed by atoms with E-state index in [1.165, 1.54) is 6.92 Å². The van der Waals surface area contributed by atoms with Gasteiger partial charge in [0.05, 0.1) is 5.60 Å². The quantitative estimate of drug-likeness (QED) is 0.874. The highest BCUT2D eigenvalue weighted by molar-refractivity contribution is 5.97. The number of hydrogen-bond donors (Lipinski definition) is 2. The minimum atomic E-state index is -0.948. The smallest absolute Gasteiger partial charge is 0.254 e. The van der Waals surface area contributed by atoms with Gasteiger partial charge in [0, 0.05) is 31.3 Å². The number of carbonyl (C=O) groups excluding carboxylic acids is 2. The summed E-state index contributed by atoms with van der Waals surface area (Å²) in [5.41, 5.74) is 1.08. The first-order chi connectivity index (χ1) is 9.64. The van der Waals surface area contributed by atoms with Crippen molar-refractivity contribution in [3.8, 4) is 0 Å². The Morgan fingerprint density at radius 2 is 1.95 bits per heavy atom. The van der Waals surface area contributed by atoms with E-state index in [0.29, 0.717) is 17.8 Å². The van der Waals surface area contributed by atoms with Crippen molar-refractivity contribution in [1.82, 2.24) is 4.90 Å². The number of rotatable bonds is 5. The van der Waals surface area contributed by atoms with Crippen LogP contribution in [0.2, 0.25) is 0 Å². The molecule has 1 aromatic carbocycles. The molecule has 0 aliphatic heterocycles. The van der Waals surface area contributed by atoms with Crippen LogP contribution in [-0.2, 0) is 4.79 Å². The van der Waals surface area contributed by atoms with Crippen molar-refractivity contribution in [2.75, 3.05) is 18.4 Å². The summed E-state index contributed by atoms with van der Waals surface area (Å²) in [6.07, 6.45) is 0. The molecule has 0 spiro atoms. The Hall–Kier alpha value is -1.88. The van der Waals surface area contributed by atoms with Crippen molar-refractivity contribution >= 4 is 17.5 Å². The molecule has 0 bridgehead atoms. The molecule has 2 N–H and O–H groups in total. The van der Waals surface area contributed by atoms with Gasteiger partial charge in [-0.15, -0.1) is 0 Å². The van der Waals surface area contributed by atoms with E-state index < -0.39 is 5.60 Å². The Kier molecular flexibility index (Phi) is 5.49. The third-order valence-electron chi connectivity index (χ3n) is 3.04. The van der Waals surface area contributed by atoms with Gasteiger partial charge in [0.15, 0.2) is 0 Å². The first kappa shape index (κ1) is 17.2. The molecule has 0 heterocycles. The lowest BCUT2D eigenvalue weighted by Crippen LogP contribution is -2.42. The lowest BCUT2D eigenvalue weighted by molar-refractivity contribution is -0.114. The standard InChI is InChI=1S/C16H24N2O3/c1-6-18(10-16(4,5)21)15(20)13-8-7-11(2)14(9-13)17-12(3)19/h7-9,21H,6,10H2,1-5H3,(H,17,19). The second kappa shape index (κ2) is 6.72. The molecule has 0 fully saturated rings. The minimum Gasteiger partial charge on any atom is -0.389 e. The molecule has 0 aromatic heterocycles. The average molecular weight is 292 g/mol. The Balaban J connectivity index is 3.03. The van der Waals surface area contributed by atoms with Crippen LogP contribution in [0, 0.1) is 6.92 Å². The molecule has 0 aliphatic rings. The zero-order valence-electron chi connectivity index (χ0n) is 13.4. The number of aliphatic hydroxyl groups is 1. The lowest BCUT2D eigenvalue weighted by Gasteiger charge is -2.28. The van der Waals surface area contributed by atoms with E-state index in [1.807, 2.05) is 13.8 Å². The fourth-order valence-electron chi connectivity index (χ4n) is 2.06. The predicted octanol–water partition coefficient (Wildman–Crippen LogP) is 2.19. The summed E-state index contributed by atoms with van der Waals surface area (Å²) in [5.74, 6) is -0.335. The van der Waals surface area contributed by atoms with Gasteiger partial charge in [0.1, 0.15) is 0 Å². The van der Waals surface area contributed by atoms with Crippen LogP contribution in [0.4, 0.5) is 5.69 Å². The van der Waals surface area contributed by atoms with E-state index in [2.05, 4.69) is 5.32 Å². The largest absolute Gasteiger partial charge is 0.389 e. The summed E-state index contributed by atoms with van der Waals surface area (Å²) in [6, 6.07) is 5.21. The Morgan fingerprint density at radius 3 is 2.43 bits per heavy atom. The molecule has 0 unspecified atom stereocenters. The van der Waals surface area contributed by atoms with E-state index in [0.717, 1.165) is 5.56 Å². The van der Waals surface area contributed by atoms with Crippen molar-refractivity contribution in [1.29, 1.82) is 0 Å². The van der Waals surface area contributed by atoms with Gasteiger partial charge in [-0.3, -0.25) is 9.59 Å². The third-order valence-corrected chi connectivity index (χ3v) is 3.04. The van der Waals surface area contributed by atoms with Crippen molar-refractivity contribution in [3.63, 3.8) is 0 Å². The molecule has 0 saturated heterocycles. The van der Waals surface area contributed by atoms with Crippen LogP contribution >= 0.6 is 0 Å². The molecular formula is C16H24N2O3. The molecule has 1 aromatic rings. The van der Waals surface area contributed by atoms with Gasteiger partial charge >= 0.3 is 0 Å². The maximum atomic E-state index is 12.5. The first-order valence-corrected chi connectivity index (χ1v) is 7.04. The van der Waals surface area contributed by atoms with Crippen LogP contribution in [0.15, 0.2) is 18.2 Å². The average Bonchev–Trinajstić information content (AvgIpc) is 2.36. The molecule has 0 radical (unpaired) electrons. The maximum absolute atomic E-state index is 12.5. The SMILES string of the molecule is CCN(CC(C)(C)O)C(=O)c1ccc(C)c(NC(C)=O)c1. The fraction of sp³-hybridized carbons (Fsp3) is 0.500. The first-order valence-electron chi connectivity index (χ1n) is 7.04. The van der Waals surface area contributed by atoms with Gasteiger partial charge in [-0.2, -0.15) is 0 Å². The molecule has 21 heavy (non-hydrogen) atoms. The number of aryl methyl sites for hydroxylation is 1. The lowest BCUT2D eigenvalue weighted by atomic mass is 10.1. The van der Waals surface area contributed by atoms with Crippen LogP contribution in [0.1, 0.15) is 43.6 Å². The highest BCUT2D eigenvalue weighted by Crippen LogP contribution is 2.19. The summed E-state index contributed by atoms with van der Waals surface area (Å²) in [5, 5.41) is 12.6. The van der Waals surface area contributed by atoms with Gasteiger partial charge in [-0.25, -0.2) is 0 Å². The van der Waals surface area contributed by atoms with Gasteiger partial charge in [0.25, 0.3) is 5.91 Å². The predicted molar refractivity (Wildman–Crippen MR) is 83.4 cm³/mol. The summed E-state index contributed by atoms with van der Waals surface area (Å²) < 4.78 is 0. The summed E-state index contributed by atoms with van der Waals surface area (Å²) in [4.78, 5) is 25.3. The molecule has 0 atom stereocenters. The zero-order valence-corrected chi connectivity index (χ0v) is 13.4. The second-order valence-corrected chi connectivity index (χ2v) is 5.84. The van der Waals surface area contributed by atoms with Gasteiger partial charge in [-0.1, -0.05) is 6.07 Å². The number of likely N-dealkylation sites (N-methyl/N-ethyl adjacent to an activating group) is 1. The van der Waals surface area contributed by atoms with Crippen LogP contribution in [-0.4, -0.2) is 40.5 Å². The van der Waals surface area contributed by atoms with E-state index in [4.69, 9.17) is 0 Å². The summed E-state index contributed by atoms with van der Waals surface area (Å²) in [6.45, 7) is 9.26. The number of anilines is 1. The number of hydrogen-bond acceptors (Lipinski definition) is 3. The number of amides is 2. The monoisotopic (exact) mass is 292 g/mol.